The first-order valence-electron chi connectivity index (χ1n) is 7.19. The van der Waals surface area contributed by atoms with E-state index in [4.69, 9.17) is 4.74 Å². The van der Waals surface area contributed by atoms with Crippen molar-refractivity contribution in [1.29, 1.82) is 0 Å². The van der Waals surface area contributed by atoms with Gasteiger partial charge in [-0.1, -0.05) is 18.2 Å². The molecule has 1 spiro atoms. The Bertz CT molecular complexity index is 775. The van der Waals surface area contributed by atoms with Gasteiger partial charge in [0.15, 0.2) is 0 Å². The van der Waals surface area contributed by atoms with Gasteiger partial charge in [0.2, 0.25) is 0 Å². The van der Waals surface area contributed by atoms with Gasteiger partial charge < -0.3 is 4.74 Å². The van der Waals surface area contributed by atoms with Gasteiger partial charge in [-0.05, 0) is 24.3 Å². The molecule has 2 aromatic rings. The van der Waals surface area contributed by atoms with Gasteiger partial charge in [0.1, 0.15) is 17.4 Å². The maximum absolute atomic E-state index is 14.0. The third-order valence-electron chi connectivity index (χ3n) is 4.30. The molecule has 2 heterocycles. The second-order valence-corrected chi connectivity index (χ2v) is 5.65. The maximum atomic E-state index is 14.0. The fraction of sp³-hybridized carbons (Fsp3) is 0.235. The van der Waals surface area contributed by atoms with E-state index in [0.717, 1.165) is 29.9 Å². The summed E-state index contributed by atoms with van der Waals surface area (Å²) in [6.07, 6.45) is 1.24. The van der Waals surface area contributed by atoms with Crippen molar-refractivity contribution in [3.8, 4) is 5.75 Å². The van der Waals surface area contributed by atoms with E-state index in [-0.39, 0.29) is 5.56 Å². The molecular weight excluding hydrogens is 286 g/mol. The van der Waals surface area contributed by atoms with Crippen LogP contribution in [0.2, 0.25) is 0 Å². The van der Waals surface area contributed by atoms with Crippen LogP contribution in [-0.4, -0.2) is 12.3 Å². The van der Waals surface area contributed by atoms with Crippen molar-refractivity contribution in [2.75, 3.05) is 6.61 Å². The molecule has 3 nitrogen and oxygen atoms in total. The van der Waals surface area contributed by atoms with E-state index in [1.807, 2.05) is 24.3 Å². The zero-order valence-electron chi connectivity index (χ0n) is 11.8. The molecule has 5 heteroatoms. The Kier molecular flexibility index (Phi) is 2.89. The van der Waals surface area contributed by atoms with E-state index in [1.165, 1.54) is 6.07 Å². The zero-order valence-corrected chi connectivity index (χ0v) is 11.8. The van der Waals surface area contributed by atoms with Crippen LogP contribution in [-0.2, 0) is 5.54 Å². The quantitative estimate of drug-likeness (QED) is 0.876. The van der Waals surface area contributed by atoms with Crippen LogP contribution in [0.4, 0.5) is 8.78 Å². The van der Waals surface area contributed by atoms with Crippen LogP contribution in [0.3, 0.4) is 0 Å². The highest BCUT2D eigenvalue weighted by Crippen LogP contribution is 2.42. The van der Waals surface area contributed by atoms with Gasteiger partial charge in [-0.2, -0.15) is 5.10 Å². The van der Waals surface area contributed by atoms with Crippen molar-refractivity contribution < 1.29 is 13.5 Å². The third-order valence-corrected chi connectivity index (χ3v) is 4.30. The van der Waals surface area contributed by atoms with Gasteiger partial charge in [0, 0.05) is 24.0 Å². The van der Waals surface area contributed by atoms with Gasteiger partial charge >= 0.3 is 0 Å². The van der Waals surface area contributed by atoms with Crippen LogP contribution in [0, 0.1) is 11.6 Å². The summed E-state index contributed by atoms with van der Waals surface area (Å²) in [6.45, 7) is 0.568. The monoisotopic (exact) mass is 300 g/mol. The Balaban J connectivity index is 1.72. The molecule has 0 radical (unpaired) electrons. The van der Waals surface area contributed by atoms with Crippen LogP contribution in [0.1, 0.15) is 24.0 Å². The van der Waals surface area contributed by atoms with Gasteiger partial charge in [-0.25, -0.2) is 8.78 Å². The topological polar surface area (TPSA) is 33.6 Å². The molecule has 2 aliphatic rings. The molecule has 2 aliphatic heterocycles. The number of ether oxygens (including phenoxy) is 1. The van der Waals surface area contributed by atoms with E-state index >= 15 is 0 Å². The number of hydrazone groups is 1. The summed E-state index contributed by atoms with van der Waals surface area (Å²) in [4.78, 5) is 0. The van der Waals surface area contributed by atoms with Crippen molar-refractivity contribution in [2.24, 2.45) is 5.10 Å². The number of hydrogen-bond donors (Lipinski definition) is 1. The van der Waals surface area contributed by atoms with Gasteiger partial charge in [0.05, 0.1) is 17.9 Å². The molecule has 22 heavy (non-hydrogen) atoms. The predicted octanol–water partition coefficient (Wildman–Crippen LogP) is 3.34. The summed E-state index contributed by atoms with van der Waals surface area (Å²) in [7, 11) is 0. The summed E-state index contributed by atoms with van der Waals surface area (Å²) < 4.78 is 33.1. The standard InChI is InChI=1S/C17H14F2N2O/c18-11-5-6-14(19)12(9-11)15-10-17(21-20-15)7-8-22-16-4-2-1-3-13(16)17/h1-6,9,21H,7-8,10H2. The Morgan fingerprint density at radius 2 is 2.00 bits per heavy atom. The fourth-order valence-electron chi connectivity index (χ4n) is 3.17. The van der Waals surface area contributed by atoms with E-state index in [9.17, 15) is 8.78 Å². The molecule has 0 saturated heterocycles. The summed E-state index contributed by atoms with van der Waals surface area (Å²) in [5.74, 6) is -0.107. The smallest absolute Gasteiger partial charge is 0.132 e. The Labute approximate surface area is 126 Å². The van der Waals surface area contributed by atoms with Crippen LogP contribution in [0.15, 0.2) is 47.6 Å². The minimum atomic E-state index is -0.465. The zero-order chi connectivity index (χ0) is 15.2. The first kappa shape index (κ1) is 13.2. The number of hydrogen-bond acceptors (Lipinski definition) is 3. The molecule has 112 valence electrons. The van der Waals surface area contributed by atoms with Crippen molar-refractivity contribution in [2.45, 2.75) is 18.4 Å². The highest BCUT2D eigenvalue weighted by atomic mass is 19.1. The maximum Gasteiger partial charge on any atom is 0.132 e. The number of nitrogens with zero attached hydrogens (tertiary/aromatic N) is 1. The summed E-state index contributed by atoms with van der Waals surface area (Å²) in [5, 5.41) is 4.29. The number of nitrogens with one attached hydrogen (secondary N) is 1. The molecule has 0 aromatic heterocycles. The summed E-state index contributed by atoms with van der Waals surface area (Å²) >= 11 is 0. The minimum Gasteiger partial charge on any atom is -0.493 e. The van der Waals surface area contributed by atoms with Crippen LogP contribution in [0.5, 0.6) is 5.75 Å². The lowest BCUT2D eigenvalue weighted by atomic mass is 9.81. The van der Waals surface area contributed by atoms with E-state index in [0.29, 0.717) is 18.7 Å². The lowest BCUT2D eigenvalue weighted by Crippen LogP contribution is -2.40. The molecule has 1 N–H and O–H groups in total. The van der Waals surface area contributed by atoms with Crippen molar-refractivity contribution in [1.82, 2.24) is 5.43 Å². The molecular formula is C17H14F2N2O. The van der Waals surface area contributed by atoms with E-state index in [1.54, 1.807) is 0 Å². The molecule has 0 saturated carbocycles. The van der Waals surface area contributed by atoms with Gasteiger partial charge in [-0.15, -0.1) is 0 Å². The number of benzene rings is 2. The Morgan fingerprint density at radius 3 is 2.91 bits per heavy atom. The largest absolute Gasteiger partial charge is 0.493 e. The Hall–Kier alpha value is -2.43. The first-order valence-corrected chi connectivity index (χ1v) is 7.19. The second-order valence-electron chi connectivity index (χ2n) is 5.65. The average molecular weight is 300 g/mol. The number of para-hydroxylation sites is 1. The van der Waals surface area contributed by atoms with Crippen molar-refractivity contribution in [3.05, 3.63) is 65.2 Å². The molecule has 0 aliphatic carbocycles. The third kappa shape index (κ3) is 1.96. The second kappa shape index (κ2) is 4.80. The SMILES string of the molecule is Fc1ccc(F)c(C2=NNC3(CCOc4ccccc43)C2)c1. The molecule has 0 bridgehead atoms. The summed E-state index contributed by atoms with van der Waals surface area (Å²) in [6, 6.07) is 11.2. The molecule has 0 amide bonds. The van der Waals surface area contributed by atoms with Crippen LogP contribution < -0.4 is 10.2 Å². The predicted molar refractivity (Wildman–Crippen MR) is 78.9 cm³/mol. The Morgan fingerprint density at radius 1 is 1.14 bits per heavy atom. The highest BCUT2D eigenvalue weighted by Gasteiger charge is 2.42. The van der Waals surface area contributed by atoms with Crippen molar-refractivity contribution >= 4 is 5.71 Å². The van der Waals surface area contributed by atoms with E-state index in [2.05, 4.69) is 10.5 Å². The van der Waals surface area contributed by atoms with Crippen molar-refractivity contribution in [3.63, 3.8) is 0 Å². The molecule has 1 atom stereocenters. The lowest BCUT2D eigenvalue weighted by Gasteiger charge is -2.35. The normalized spacial score (nSPS) is 22.7. The first-order chi connectivity index (χ1) is 10.7. The van der Waals surface area contributed by atoms with Gasteiger partial charge in [0.25, 0.3) is 0 Å². The van der Waals surface area contributed by atoms with Gasteiger partial charge in [-0.3, -0.25) is 5.43 Å². The number of halogens is 2. The molecule has 1 unspecified atom stereocenters. The average Bonchev–Trinajstić information content (AvgIpc) is 2.95. The number of fused-ring (bicyclic) bond motifs is 2. The molecule has 2 aromatic carbocycles. The minimum absolute atomic E-state index is 0.216. The summed E-state index contributed by atoms with van der Waals surface area (Å²) in [5.41, 5.74) is 4.51. The number of rotatable bonds is 1. The fourth-order valence-corrected chi connectivity index (χ4v) is 3.17. The molecule has 4 rings (SSSR count). The lowest BCUT2D eigenvalue weighted by molar-refractivity contribution is 0.198. The highest BCUT2D eigenvalue weighted by molar-refractivity contribution is 6.02. The van der Waals surface area contributed by atoms with Crippen LogP contribution in [0.25, 0.3) is 0 Å². The van der Waals surface area contributed by atoms with Crippen LogP contribution >= 0.6 is 0 Å². The van der Waals surface area contributed by atoms with E-state index < -0.39 is 17.2 Å². The molecule has 0 fully saturated rings.